The molecule has 6 heteroatoms. The Kier molecular flexibility index (Phi) is 44.7. The van der Waals surface area contributed by atoms with Crippen molar-refractivity contribution in [3.63, 3.8) is 0 Å². The zero-order valence-corrected chi connectivity index (χ0v) is 40.4. The van der Waals surface area contributed by atoms with Crippen LogP contribution in [-0.4, -0.2) is 37.2 Å². The minimum Gasteiger partial charge on any atom is -0.462 e. The van der Waals surface area contributed by atoms with Crippen LogP contribution in [-0.2, 0) is 28.6 Å². The summed E-state index contributed by atoms with van der Waals surface area (Å²) < 4.78 is 16.8. The highest BCUT2D eigenvalue weighted by molar-refractivity contribution is 5.71. The highest BCUT2D eigenvalue weighted by atomic mass is 16.6. The van der Waals surface area contributed by atoms with Gasteiger partial charge in [-0.2, -0.15) is 0 Å². The van der Waals surface area contributed by atoms with Gasteiger partial charge in [0.25, 0.3) is 0 Å². The van der Waals surface area contributed by atoms with Crippen molar-refractivity contribution < 1.29 is 28.6 Å². The molecule has 1 atom stereocenters. The predicted molar refractivity (Wildman–Crippen MR) is 252 cm³/mol. The molecule has 0 N–H and O–H groups in total. The Bertz CT molecular complexity index is 900. The molecule has 0 aromatic rings. The molecule has 0 aliphatic rings. The molecule has 0 saturated carbocycles. The first kappa shape index (κ1) is 57.4. The Morgan fingerprint density at radius 1 is 0.322 bits per heavy atom. The number of carbonyl (C=O) groups is 3. The molecule has 0 aliphatic carbocycles. The second-order valence-electron chi connectivity index (χ2n) is 19.1. The van der Waals surface area contributed by atoms with Crippen LogP contribution in [0, 0.1) is 11.8 Å². The molecule has 0 radical (unpaired) electrons. The molecular weight excluding hydrogens is 733 g/mol. The molecule has 0 bridgehead atoms. The van der Waals surface area contributed by atoms with E-state index >= 15 is 0 Å². The fraction of sp³-hybridized carbons (Fsp3) is 0.943. The van der Waals surface area contributed by atoms with Crippen LogP contribution >= 0.6 is 0 Å². The lowest BCUT2D eigenvalue weighted by molar-refractivity contribution is -0.167. The molecule has 0 saturated heterocycles. The second kappa shape index (κ2) is 45.9. The van der Waals surface area contributed by atoms with Gasteiger partial charge in [0, 0.05) is 19.3 Å². The van der Waals surface area contributed by atoms with E-state index in [0.717, 1.165) is 69.6 Å². The number of rotatable bonds is 47. The molecule has 0 unspecified atom stereocenters. The number of unbranched alkanes of at least 4 members (excludes halogenated alkanes) is 32. The lowest BCUT2D eigenvalue weighted by Gasteiger charge is -2.18. The summed E-state index contributed by atoms with van der Waals surface area (Å²) in [5.74, 6) is 0.819. The van der Waals surface area contributed by atoms with Crippen LogP contribution in [0.1, 0.15) is 291 Å². The van der Waals surface area contributed by atoms with Gasteiger partial charge >= 0.3 is 17.9 Å². The van der Waals surface area contributed by atoms with Crippen molar-refractivity contribution in [2.24, 2.45) is 11.8 Å². The second-order valence-corrected chi connectivity index (χ2v) is 19.1. The van der Waals surface area contributed by atoms with Crippen molar-refractivity contribution in [2.75, 3.05) is 13.2 Å². The summed E-state index contributed by atoms with van der Waals surface area (Å²) in [6, 6.07) is 0. The quantitative estimate of drug-likeness (QED) is 0.0345. The smallest absolute Gasteiger partial charge is 0.306 e. The van der Waals surface area contributed by atoms with Gasteiger partial charge < -0.3 is 14.2 Å². The van der Waals surface area contributed by atoms with Crippen LogP contribution in [0.4, 0.5) is 0 Å². The fourth-order valence-electron chi connectivity index (χ4n) is 7.99. The van der Waals surface area contributed by atoms with Gasteiger partial charge in [-0.1, -0.05) is 253 Å². The van der Waals surface area contributed by atoms with Crippen LogP contribution in [0.25, 0.3) is 0 Å². The van der Waals surface area contributed by atoms with E-state index in [9.17, 15) is 14.4 Å². The Morgan fingerprint density at radius 3 is 0.831 bits per heavy atom. The molecule has 0 amide bonds. The van der Waals surface area contributed by atoms with Crippen LogP contribution < -0.4 is 0 Å². The van der Waals surface area contributed by atoms with Crippen LogP contribution in [0.15, 0.2) is 0 Å². The van der Waals surface area contributed by atoms with E-state index in [4.69, 9.17) is 14.2 Å². The van der Waals surface area contributed by atoms with Gasteiger partial charge in [0.2, 0.25) is 0 Å². The molecule has 0 spiro atoms. The number of esters is 3. The molecule has 0 heterocycles. The zero-order chi connectivity index (χ0) is 43.3. The molecular formula is C53H102O6. The Morgan fingerprint density at radius 2 is 0.559 bits per heavy atom. The molecule has 0 aliphatic heterocycles. The minimum atomic E-state index is -0.761. The highest BCUT2D eigenvalue weighted by Crippen LogP contribution is 2.17. The maximum absolute atomic E-state index is 12.8. The first-order chi connectivity index (χ1) is 28.7. The average Bonchev–Trinajstić information content (AvgIpc) is 3.20. The van der Waals surface area contributed by atoms with Crippen molar-refractivity contribution in [1.29, 1.82) is 0 Å². The normalized spacial score (nSPS) is 12.1. The monoisotopic (exact) mass is 835 g/mol. The van der Waals surface area contributed by atoms with Crippen molar-refractivity contribution in [3.05, 3.63) is 0 Å². The molecule has 6 nitrogen and oxygen atoms in total. The standard InChI is InChI=1S/C53H102O6/c1-6-7-8-9-10-11-16-25-30-35-40-45-53(56)59-50(47-58-52(55)44-39-34-29-24-20-15-18-22-27-32-37-42-49(4)5)46-57-51(54)43-38-33-28-23-19-14-12-13-17-21-26-31-36-41-48(2)3/h48-50H,6-47H2,1-5H3/t50-/m0/s1. The average molecular weight is 835 g/mol. The van der Waals surface area contributed by atoms with E-state index in [2.05, 4.69) is 34.6 Å². The Hall–Kier alpha value is -1.59. The first-order valence-corrected chi connectivity index (χ1v) is 26.2. The summed E-state index contributed by atoms with van der Waals surface area (Å²) in [5.41, 5.74) is 0. The van der Waals surface area contributed by atoms with Crippen LogP contribution in [0.5, 0.6) is 0 Å². The first-order valence-electron chi connectivity index (χ1n) is 26.2. The number of carbonyl (C=O) groups excluding carboxylic acids is 3. The van der Waals surface area contributed by atoms with Crippen molar-refractivity contribution in [2.45, 2.75) is 298 Å². The third-order valence-corrected chi connectivity index (χ3v) is 12.0. The highest BCUT2D eigenvalue weighted by Gasteiger charge is 2.19. The number of hydrogen-bond donors (Lipinski definition) is 0. The molecule has 0 rings (SSSR count). The zero-order valence-electron chi connectivity index (χ0n) is 40.4. The molecule has 0 fully saturated rings. The predicted octanol–water partition coefficient (Wildman–Crippen LogP) is 16.9. The summed E-state index contributed by atoms with van der Waals surface area (Å²) in [6.45, 7) is 11.4. The van der Waals surface area contributed by atoms with Crippen LogP contribution in [0.3, 0.4) is 0 Å². The molecule has 350 valence electrons. The molecule has 0 aromatic heterocycles. The maximum atomic E-state index is 12.8. The summed E-state index contributed by atoms with van der Waals surface area (Å²) in [7, 11) is 0. The number of hydrogen-bond acceptors (Lipinski definition) is 6. The fourth-order valence-corrected chi connectivity index (χ4v) is 7.99. The topological polar surface area (TPSA) is 78.9 Å². The van der Waals surface area contributed by atoms with Gasteiger partial charge in [-0.3, -0.25) is 14.4 Å². The minimum absolute atomic E-state index is 0.0635. The molecule has 59 heavy (non-hydrogen) atoms. The van der Waals surface area contributed by atoms with E-state index in [1.165, 1.54) is 180 Å². The number of ether oxygens (including phenoxy) is 3. The van der Waals surface area contributed by atoms with Gasteiger partial charge in [0.1, 0.15) is 13.2 Å². The van der Waals surface area contributed by atoms with Gasteiger partial charge in [-0.05, 0) is 31.1 Å². The van der Waals surface area contributed by atoms with E-state index < -0.39 is 6.10 Å². The third kappa shape index (κ3) is 47.3. The molecule has 0 aromatic carbocycles. The SMILES string of the molecule is CCCCCCCCCCCCCC(=O)O[C@@H](COC(=O)CCCCCCCCCCCCCCCC(C)C)COC(=O)CCCCCCCCCCCCCC(C)C. The third-order valence-electron chi connectivity index (χ3n) is 12.0. The van der Waals surface area contributed by atoms with Gasteiger partial charge in [0.05, 0.1) is 0 Å². The Balaban J connectivity index is 4.28. The Labute approximate surface area is 368 Å². The van der Waals surface area contributed by atoms with Gasteiger partial charge in [-0.15, -0.1) is 0 Å². The van der Waals surface area contributed by atoms with E-state index in [1.54, 1.807) is 0 Å². The maximum Gasteiger partial charge on any atom is 0.306 e. The summed E-state index contributed by atoms with van der Waals surface area (Å²) in [6.07, 6.45) is 46.6. The largest absolute Gasteiger partial charge is 0.462 e. The summed E-state index contributed by atoms with van der Waals surface area (Å²) >= 11 is 0. The van der Waals surface area contributed by atoms with Crippen LogP contribution in [0.2, 0.25) is 0 Å². The van der Waals surface area contributed by atoms with Gasteiger partial charge in [-0.25, -0.2) is 0 Å². The van der Waals surface area contributed by atoms with E-state index in [-0.39, 0.29) is 31.1 Å². The van der Waals surface area contributed by atoms with E-state index in [0.29, 0.717) is 19.3 Å². The van der Waals surface area contributed by atoms with Gasteiger partial charge in [0.15, 0.2) is 6.10 Å². The lowest BCUT2D eigenvalue weighted by atomic mass is 10.0. The van der Waals surface area contributed by atoms with Crippen molar-refractivity contribution in [1.82, 2.24) is 0 Å². The van der Waals surface area contributed by atoms with Crippen molar-refractivity contribution in [3.8, 4) is 0 Å². The summed E-state index contributed by atoms with van der Waals surface area (Å²) in [4.78, 5) is 37.9. The summed E-state index contributed by atoms with van der Waals surface area (Å²) in [5, 5.41) is 0. The van der Waals surface area contributed by atoms with Crippen molar-refractivity contribution >= 4 is 17.9 Å². The lowest BCUT2D eigenvalue weighted by Crippen LogP contribution is -2.30. The van der Waals surface area contributed by atoms with E-state index in [1.807, 2.05) is 0 Å².